The molecule has 2 amide bonds. The summed E-state index contributed by atoms with van der Waals surface area (Å²) in [4.78, 5) is 16.1. The van der Waals surface area contributed by atoms with Crippen molar-refractivity contribution in [3.63, 3.8) is 0 Å². The Morgan fingerprint density at radius 1 is 1.45 bits per heavy atom. The first-order chi connectivity index (χ1) is 9.32. The van der Waals surface area contributed by atoms with Crippen LogP contribution in [0.4, 0.5) is 4.79 Å². The van der Waals surface area contributed by atoms with Crippen molar-refractivity contribution in [2.45, 2.75) is 46.1 Å². The molecule has 1 atom stereocenters. The Morgan fingerprint density at radius 2 is 2.15 bits per heavy atom. The fourth-order valence-corrected chi connectivity index (χ4v) is 2.50. The molecule has 5 nitrogen and oxygen atoms in total. The average Bonchev–Trinajstić information content (AvgIpc) is 2.83. The quantitative estimate of drug-likeness (QED) is 0.754. The lowest BCUT2D eigenvalue weighted by molar-refractivity contribution is 0.233. The number of rotatable bonds is 6. The molecule has 1 rings (SSSR count). The highest BCUT2D eigenvalue weighted by molar-refractivity contribution is 7.09. The standard InChI is InChI=1S/C14H25N3O2S/c1-10(5-6-18)7-15-13(19)16-8-12-17-11(9-20-12)14(2,3)4/h9-10,18H,5-8H2,1-4H3,(H2,15,16,19). The summed E-state index contributed by atoms with van der Waals surface area (Å²) in [5.74, 6) is 0.276. The predicted octanol–water partition coefficient (Wildman–Crippen LogP) is 2.26. The van der Waals surface area contributed by atoms with Gasteiger partial charge in [0.2, 0.25) is 0 Å². The topological polar surface area (TPSA) is 74.2 Å². The van der Waals surface area contributed by atoms with E-state index in [-0.39, 0.29) is 24.0 Å². The monoisotopic (exact) mass is 299 g/mol. The van der Waals surface area contributed by atoms with Crippen LogP contribution in [0.3, 0.4) is 0 Å². The first-order valence-electron chi connectivity index (χ1n) is 6.90. The number of nitrogens with one attached hydrogen (secondary N) is 2. The van der Waals surface area contributed by atoms with Crippen LogP contribution >= 0.6 is 11.3 Å². The molecule has 0 aliphatic carbocycles. The Labute approximate surface area is 124 Å². The highest BCUT2D eigenvalue weighted by Crippen LogP contribution is 2.23. The van der Waals surface area contributed by atoms with Gasteiger partial charge in [-0.1, -0.05) is 27.7 Å². The Morgan fingerprint density at radius 3 is 2.70 bits per heavy atom. The van der Waals surface area contributed by atoms with E-state index in [9.17, 15) is 4.79 Å². The number of aliphatic hydroxyl groups is 1. The Bertz CT molecular complexity index is 426. The lowest BCUT2D eigenvalue weighted by Crippen LogP contribution is -2.37. The second kappa shape index (κ2) is 7.59. The van der Waals surface area contributed by atoms with Crippen molar-refractivity contribution in [1.29, 1.82) is 0 Å². The van der Waals surface area contributed by atoms with Gasteiger partial charge in [0.15, 0.2) is 0 Å². The first kappa shape index (κ1) is 16.9. The Kier molecular flexibility index (Phi) is 6.42. The molecule has 20 heavy (non-hydrogen) atoms. The van der Waals surface area contributed by atoms with Gasteiger partial charge in [-0.05, 0) is 12.3 Å². The molecule has 0 saturated carbocycles. The van der Waals surface area contributed by atoms with Gasteiger partial charge in [0.1, 0.15) is 5.01 Å². The van der Waals surface area contributed by atoms with Crippen LogP contribution in [0, 0.1) is 5.92 Å². The van der Waals surface area contributed by atoms with Crippen LogP contribution in [-0.4, -0.2) is 29.3 Å². The maximum absolute atomic E-state index is 11.6. The number of hydrogen-bond acceptors (Lipinski definition) is 4. The van der Waals surface area contributed by atoms with Crippen LogP contribution < -0.4 is 10.6 Å². The summed E-state index contributed by atoms with van der Waals surface area (Å²) >= 11 is 1.56. The molecule has 0 fully saturated rings. The molecule has 0 bridgehead atoms. The van der Waals surface area contributed by atoms with Crippen LogP contribution in [0.1, 0.15) is 44.8 Å². The summed E-state index contributed by atoms with van der Waals surface area (Å²) in [6.07, 6.45) is 0.696. The van der Waals surface area contributed by atoms with Crippen molar-refractivity contribution in [2.75, 3.05) is 13.2 Å². The van der Waals surface area contributed by atoms with E-state index < -0.39 is 0 Å². The minimum Gasteiger partial charge on any atom is -0.396 e. The zero-order valence-electron chi connectivity index (χ0n) is 12.7. The third kappa shape index (κ3) is 5.88. The first-order valence-corrected chi connectivity index (χ1v) is 7.78. The van der Waals surface area contributed by atoms with Crippen molar-refractivity contribution in [3.8, 4) is 0 Å². The van der Waals surface area contributed by atoms with Crippen LogP contribution in [0.15, 0.2) is 5.38 Å². The van der Waals surface area contributed by atoms with E-state index in [0.717, 1.165) is 10.7 Å². The van der Waals surface area contributed by atoms with E-state index in [4.69, 9.17) is 5.11 Å². The van der Waals surface area contributed by atoms with Gasteiger partial charge in [-0.15, -0.1) is 11.3 Å². The normalized spacial score (nSPS) is 13.1. The molecule has 0 aromatic carbocycles. The number of thiazole rings is 1. The van der Waals surface area contributed by atoms with E-state index >= 15 is 0 Å². The molecule has 114 valence electrons. The van der Waals surface area contributed by atoms with Gasteiger partial charge in [0.05, 0.1) is 12.2 Å². The lowest BCUT2D eigenvalue weighted by Gasteiger charge is -2.14. The third-order valence-electron chi connectivity index (χ3n) is 2.95. The number of nitrogens with zero attached hydrogens (tertiary/aromatic N) is 1. The summed E-state index contributed by atoms with van der Waals surface area (Å²) in [5.41, 5.74) is 1.09. The number of carbonyl (C=O) groups excluding carboxylic acids is 1. The fraction of sp³-hybridized carbons (Fsp3) is 0.714. The van der Waals surface area contributed by atoms with Gasteiger partial charge in [-0.3, -0.25) is 0 Å². The SMILES string of the molecule is CC(CCO)CNC(=O)NCc1nc(C(C)(C)C)cs1. The number of urea groups is 1. The molecule has 1 unspecified atom stereocenters. The van der Waals surface area contributed by atoms with Gasteiger partial charge in [-0.25, -0.2) is 9.78 Å². The number of aromatic nitrogens is 1. The molecular weight excluding hydrogens is 274 g/mol. The molecule has 1 heterocycles. The molecule has 1 aromatic rings. The number of hydrogen-bond donors (Lipinski definition) is 3. The van der Waals surface area contributed by atoms with Gasteiger partial charge in [-0.2, -0.15) is 0 Å². The smallest absolute Gasteiger partial charge is 0.315 e. The van der Waals surface area contributed by atoms with Crippen LogP contribution in [0.5, 0.6) is 0 Å². The lowest BCUT2D eigenvalue weighted by atomic mass is 9.93. The minimum atomic E-state index is -0.192. The second-order valence-electron chi connectivity index (χ2n) is 6.06. The fourth-order valence-electron chi connectivity index (χ4n) is 1.54. The molecule has 0 aliphatic heterocycles. The molecule has 3 N–H and O–H groups in total. The van der Waals surface area contributed by atoms with Gasteiger partial charge in [0.25, 0.3) is 0 Å². The predicted molar refractivity (Wildman–Crippen MR) is 81.9 cm³/mol. The summed E-state index contributed by atoms with van der Waals surface area (Å²) in [7, 11) is 0. The highest BCUT2D eigenvalue weighted by atomic mass is 32.1. The van der Waals surface area contributed by atoms with Crippen LogP contribution in [-0.2, 0) is 12.0 Å². The number of carbonyl (C=O) groups is 1. The largest absolute Gasteiger partial charge is 0.396 e. The zero-order valence-corrected chi connectivity index (χ0v) is 13.5. The average molecular weight is 299 g/mol. The van der Waals surface area contributed by atoms with E-state index in [1.165, 1.54) is 0 Å². The second-order valence-corrected chi connectivity index (χ2v) is 7.00. The van der Waals surface area contributed by atoms with E-state index in [2.05, 4.69) is 36.4 Å². The minimum absolute atomic E-state index is 0.0384. The summed E-state index contributed by atoms with van der Waals surface area (Å²) in [6.45, 7) is 9.52. The maximum atomic E-state index is 11.6. The van der Waals surface area contributed by atoms with E-state index in [1.54, 1.807) is 11.3 Å². The molecule has 0 aliphatic rings. The summed E-state index contributed by atoms with van der Waals surface area (Å²) in [5, 5.41) is 17.3. The summed E-state index contributed by atoms with van der Waals surface area (Å²) in [6, 6.07) is -0.192. The van der Waals surface area contributed by atoms with Crippen molar-refractivity contribution in [3.05, 3.63) is 16.1 Å². The van der Waals surface area contributed by atoms with Crippen LogP contribution in [0.25, 0.3) is 0 Å². The summed E-state index contributed by atoms with van der Waals surface area (Å²) < 4.78 is 0. The van der Waals surface area contributed by atoms with Crippen molar-refractivity contribution in [1.82, 2.24) is 15.6 Å². The van der Waals surface area contributed by atoms with Crippen LogP contribution in [0.2, 0.25) is 0 Å². The van der Waals surface area contributed by atoms with Crippen molar-refractivity contribution in [2.24, 2.45) is 5.92 Å². The molecule has 1 aromatic heterocycles. The molecule has 6 heteroatoms. The van der Waals surface area contributed by atoms with Gasteiger partial charge < -0.3 is 15.7 Å². The molecule has 0 spiro atoms. The third-order valence-corrected chi connectivity index (χ3v) is 3.80. The molecule has 0 radical (unpaired) electrons. The van der Waals surface area contributed by atoms with Gasteiger partial charge in [0, 0.05) is 23.9 Å². The van der Waals surface area contributed by atoms with Gasteiger partial charge >= 0.3 is 6.03 Å². The van der Waals surface area contributed by atoms with E-state index in [0.29, 0.717) is 19.5 Å². The molecular formula is C14H25N3O2S. The Balaban J connectivity index is 2.32. The zero-order chi connectivity index (χ0) is 15.2. The molecule has 0 saturated heterocycles. The van der Waals surface area contributed by atoms with Crippen molar-refractivity contribution >= 4 is 17.4 Å². The highest BCUT2D eigenvalue weighted by Gasteiger charge is 2.17. The number of aliphatic hydroxyl groups excluding tert-OH is 1. The van der Waals surface area contributed by atoms with Crippen molar-refractivity contribution < 1.29 is 9.90 Å². The number of amides is 2. The Hall–Kier alpha value is -1.14. The van der Waals surface area contributed by atoms with E-state index in [1.807, 2.05) is 12.3 Å². The maximum Gasteiger partial charge on any atom is 0.315 e.